The molecule has 6 nitrogen and oxygen atoms in total. The molecule has 1 aliphatic heterocycles. The van der Waals surface area contributed by atoms with Gasteiger partial charge in [0, 0.05) is 24.0 Å². The van der Waals surface area contributed by atoms with Crippen molar-refractivity contribution in [3.8, 4) is 6.07 Å². The molecule has 0 radical (unpaired) electrons. The molecule has 1 unspecified atom stereocenters. The summed E-state index contributed by atoms with van der Waals surface area (Å²) >= 11 is 0. The molecule has 1 fully saturated rings. The van der Waals surface area contributed by atoms with Gasteiger partial charge in [-0.3, -0.25) is 4.40 Å². The van der Waals surface area contributed by atoms with Crippen LogP contribution < -0.4 is 4.90 Å². The molecule has 1 aliphatic rings. The van der Waals surface area contributed by atoms with Gasteiger partial charge in [0.05, 0.1) is 17.4 Å². The largest absolute Gasteiger partial charge is 0.342 e. The summed E-state index contributed by atoms with van der Waals surface area (Å²) in [6.07, 6.45) is 7.36. The number of imidazole rings is 1. The van der Waals surface area contributed by atoms with Gasteiger partial charge in [0.1, 0.15) is 6.07 Å². The fraction of sp³-hybridized carbons (Fsp3) is 0.381. The summed E-state index contributed by atoms with van der Waals surface area (Å²) < 4.78 is 6.66. The van der Waals surface area contributed by atoms with Gasteiger partial charge in [-0.25, -0.2) is 14.4 Å². The molecule has 3 aromatic rings. The second kappa shape index (κ2) is 7.36. The Bertz CT molecular complexity index is 1160. The van der Waals surface area contributed by atoms with Gasteiger partial charge in [0.15, 0.2) is 11.3 Å². The molecule has 0 saturated carbocycles. The molecule has 4 rings (SSSR count). The molecule has 144 valence electrons. The Morgan fingerprint density at radius 3 is 2.68 bits per heavy atom. The van der Waals surface area contributed by atoms with Gasteiger partial charge >= 0.3 is 0 Å². The summed E-state index contributed by atoms with van der Waals surface area (Å²) in [6, 6.07) is 6.41. The van der Waals surface area contributed by atoms with Crippen LogP contribution in [0.3, 0.4) is 0 Å². The molecular weight excluding hydrogens is 368 g/mol. The van der Waals surface area contributed by atoms with E-state index >= 15 is 0 Å². The van der Waals surface area contributed by atoms with Crippen LogP contribution >= 0.6 is 10.7 Å². The summed E-state index contributed by atoms with van der Waals surface area (Å²) in [7, 11) is -0.294. The third-order valence-electron chi connectivity index (χ3n) is 5.06. The standard InChI is InChI=1S/C21H24N6S/c1-14-10-17(15(2)25-28(3)4)19-18(11-14)20-23-16(12-22)13-27(20)21(24-19)26-8-6-5-7-9-26/h10-11,13H,3,5-9H2,1-2,4H3/b25-15-. The predicted molar refractivity (Wildman–Crippen MR) is 119 cm³/mol. The third-order valence-corrected chi connectivity index (χ3v) is 5.65. The van der Waals surface area contributed by atoms with E-state index < -0.39 is 0 Å². The van der Waals surface area contributed by atoms with E-state index in [0.717, 1.165) is 65.3 Å². The summed E-state index contributed by atoms with van der Waals surface area (Å²) in [5.74, 6) is 4.88. The summed E-state index contributed by atoms with van der Waals surface area (Å²) in [4.78, 5) is 12.0. The Balaban J connectivity index is 2.08. The maximum Gasteiger partial charge on any atom is 0.211 e. The maximum absolute atomic E-state index is 9.42. The average Bonchev–Trinajstić information content (AvgIpc) is 3.12. The fourth-order valence-corrected chi connectivity index (χ4v) is 4.44. The molecule has 7 heteroatoms. The van der Waals surface area contributed by atoms with Crippen molar-refractivity contribution in [1.82, 2.24) is 14.4 Å². The number of aromatic nitrogens is 3. The van der Waals surface area contributed by atoms with Crippen molar-refractivity contribution in [2.75, 3.05) is 24.2 Å². The van der Waals surface area contributed by atoms with E-state index in [1.807, 2.05) is 17.6 Å². The number of nitrogens with zero attached hydrogens (tertiary/aromatic N) is 6. The van der Waals surface area contributed by atoms with Crippen LogP contribution in [0.2, 0.25) is 0 Å². The summed E-state index contributed by atoms with van der Waals surface area (Å²) in [6.45, 7) is 6.02. The van der Waals surface area contributed by atoms with Crippen molar-refractivity contribution in [1.29, 1.82) is 5.26 Å². The molecule has 0 spiro atoms. The first-order chi connectivity index (χ1) is 13.5. The topological polar surface area (TPSA) is 69.6 Å². The van der Waals surface area contributed by atoms with Crippen molar-refractivity contribution >= 4 is 44.8 Å². The SMILES string of the molecule is C=S(C)/N=C(/C)c1cc(C)cc2c1nc(N1CCCCC1)n1cc(C#N)nc21. The van der Waals surface area contributed by atoms with E-state index in [9.17, 15) is 5.26 Å². The number of anilines is 1. The Labute approximate surface area is 167 Å². The summed E-state index contributed by atoms with van der Waals surface area (Å²) in [5.41, 5.74) is 5.15. The lowest BCUT2D eigenvalue weighted by Crippen LogP contribution is -2.32. The van der Waals surface area contributed by atoms with E-state index in [1.54, 1.807) is 6.20 Å². The molecule has 3 heterocycles. The number of hydrogen-bond donors (Lipinski definition) is 0. The monoisotopic (exact) mass is 392 g/mol. The van der Waals surface area contributed by atoms with E-state index in [-0.39, 0.29) is 10.7 Å². The number of piperidine rings is 1. The van der Waals surface area contributed by atoms with Gasteiger partial charge in [0.2, 0.25) is 5.95 Å². The molecule has 0 bridgehead atoms. The van der Waals surface area contributed by atoms with Crippen LogP contribution in [0.1, 0.15) is 43.0 Å². The minimum Gasteiger partial charge on any atom is -0.342 e. The molecule has 0 aliphatic carbocycles. The smallest absolute Gasteiger partial charge is 0.211 e. The van der Waals surface area contributed by atoms with Gasteiger partial charge in [0.25, 0.3) is 0 Å². The first-order valence-corrected chi connectivity index (χ1v) is 11.2. The Hall–Kier alpha value is -2.72. The normalized spacial score (nSPS) is 16.5. The molecule has 1 atom stereocenters. The number of hydrogen-bond acceptors (Lipinski definition) is 5. The van der Waals surface area contributed by atoms with Crippen LogP contribution in [0, 0.1) is 18.3 Å². The van der Waals surface area contributed by atoms with Crippen LogP contribution in [0.4, 0.5) is 5.95 Å². The Morgan fingerprint density at radius 1 is 1.25 bits per heavy atom. The lowest BCUT2D eigenvalue weighted by Gasteiger charge is -2.28. The van der Waals surface area contributed by atoms with Crippen molar-refractivity contribution in [2.45, 2.75) is 33.1 Å². The van der Waals surface area contributed by atoms with E-state index in [2.05, 4.69) is 45.3 Å². The first-order valence-electron chi connectivity index (χ1n) is 9.48. The van der Waals surface area contributed by atoms with Crippen LogP contribution in [0.5, 0.6) is 0 Å². The van der Waals surface area contributed by atoms with Crippen molar-refractivity contribution in [3.63, 3.8) is 0 Å². The van der Waals surface area contributed by atoms with E-state index in [4.69, 9.17) is 4.98 Å². The van der Waals surface area contributed by atoms with Gasteiger partial charge in [-0.15, -0.1) is 0 Å². The lowest BCUT2D eigenvalue weighted by molar-refractivity contribution is 0.567. The third kappa shape index (κ3) is 3.29. The zero-order chi connectivity index (χ0) is 19.8. The number of fused-ring (bicyclic) bond motifs is 3. The molecule has 2 aromatic heterocycles. The van der Waals surface area contributed by atoms with Crippen LogP contribution in [0.15, 0.2) is 22.7 Å². The van der Waals surface area contributed by atoms with Crippen LogP contribution in [0.25, 0.3) is 16.6 Å². The fourth-order valence-electron chi connectivity index (χ4n) is 3.88. The lowest BCUT2D eigenvalue weighted by atomic mass is 10.0. The van der Waals surface area contributed by atoms with Gasteiger partial charge in [-0.05, 0) is 57.1 Å². The second-order valence-electron chi connectivity index (χ2n) is 7.38. The minimum atomic E-state index is -0.294. The highest BCUT2D eigenvalue weighted by Gasteiger charge is 2.21. The maximum atomic E-state index is 9.42. The molecule has 0 N–H and O–H groups in total. The van der Waals surface area contributed by atoms with Crippen molar-refractivity contribution < 1.29 is 0 Å². The first kappa shape index (κ1) is 18.6. The number of aryl methyl sites for hydroxylation is 1. The minimum absolute atomic E-state index is 0.294. The Kier molecular flexibility index (Phi) is 4.90. The quantitative estimate of drug-likeness (QED) is 0.497. The molecular formula is C21H24N6S. The van der Waals surface area contributed by atoms with Crippen LogP contribution in [-0.2, 0) is 0 Å². The van der Waals surface area contributed by atoms with Crippen LogP contribution in [-0.4, -0.2) is 45.3 Å². The van der Waals surface area contributed by atoms with E-state index in [0.29, 0.717) is 5.69 Å². The summed E-state index contributed by atoms with van der Waals surface area (Å²) in [5, 5.41) is 10.4. The molecule has 1 saturated heterocycles. The zero-order valence-electron chi connectivity index (χ0n) is 16.6. The molecule has 1 aromatic carbocycles. The molecule has 28 heavy (non-hydrogen) atoms. The highest BCUT2D eigenvalue weighted by molar-refractivity contribution is 8.12. The molecule has 0 amide bonds. The number of rotatable bonds is 3. The highest BCUT2D eigenvalue weighted by atomic mass is 32.2. The van der Waals surface area contributed by atoms with Gasteiger partial charge in [-0.2, -0.15) is 5.26 Å². The second-order valence-corrected chi connectivity index (χ2v) is 8.76. The van der Waals surface area contributed by atoms with Gasteiger partial charge in [-0.1, -0.05) is 16.5 Å². The highest BCUT2D eigenvalue weighted by Crippen LogP contribution is 2.30. The average molecular weight is 393 g/mol. The number of nitriles is 1. The predicted octanol–water partition coefficient (Wildman–Crippen LogP) is 4.11. The zero-order valence-corrected chi connectivity index (χ0v) is 17.4. The number of benzene rings is 1. The van der Waals surface area contributed by atoms with Crippen molar-refractivity contribution in [2.24, 2.45) is 4.40 Å². The van der Waals surface area contributed by atoms with E-state index in [1.165, 1.54) is 6.42 Å². The van der Waals surface area contributed by atoms with Crippen molar-refractivity contribution in [3.05, 3.63) is 35.2 Å². The Morgan fingerprint density at radius 2 is 2.00 bits per heavy atom. The van der Waals surface area contributed by atoms with Gasteiger partial charge < -0.3 is 4.90 Å².